The van der Waals surface area contributed by atoms with Gasteiger partial charge in [-0.3, -0.25) is 4.79 Å². The zero-order valence-corrected chi connectivity index (χ0v) is 14.5. The molecule has 126 valence electrons. The van der Waals surface area contributed by atoms with Gasteiger partial charge in [0.15, 0.2) is 0 Å². The Morgan fingerprint density at radius 3 is 2.50 bits per heavy atom. The number of carbonyl (C=O) groups excluding carboxylic acids is 1. The highest BCUT2D eigenvalue weighted by molar-refractivity contribution is 5.77. The van der Waals surface area contributed by atoms with Crippen LogP contribution in [0.15, 0.2) is 12.2 Å². The summed E-state index contributed by atoms with van der Waals surface area (Å²) in [6.07, 6.45) is 13.7. The number of hydrogen-bond acceptors (Lipinski definition) is 3. The van der Waals surface area contributed by atoms with Gasteiger partial charge in [0.05, 0.1) is 5.41 Å². The minimum absolute atomic E-state index is 0.0795. The molecular weight excluding hydrogens is 274 g/mol. The molecule has 1 saturated carbocycles. The van der Waals surface area contributed by atoms with Gasteiger partial charge in [-0.2, -0.15) is 0 Å². The van der Waals surface area contributed by atoms with E-state index in [1.165, 1.54) is 32.1 Å². The Balaban J connectivity index is 1.96. The third kappa shape index (κ3) is 4.13. The molecule has 1 fully saturated rings. The van der Waals surface area contributed by atoms with E-state index in [1.54, 1.807) is 0 Å². The Kier molecular flexibility index (Phi) is 6.94. The Morgan fingerprint density at radius 2 is 1.91 bits per heavy atom. The first kappa shape index (κ1) is 17.5. The minimum Gasteiger partial charge on any atom is -0.464 e. The van der Waals surface area contributed by atoms with Crippen LogP contribution < -0.4 is 0 Å². The van der Waals surface area contributed by atoms with Crippen LogP contribution in [-0.2, 0) is 9.53 Å². The Bertz CT molecular complexity index is 370. The van der Waals surface area contributed by atoms with Crippen molar-refractivity contribution in [3.05, 3.63) is 12.2 Å². The molecule has 0 amide bonds. The summed E-state index contributed by atoms with van der Waals surface area (Å²) in [4.78, 5) is 15.2. The van der Waals surface area contributed by atoms with E-state index in [1.807, 2.05) is 0 Å². The topological polar surface area (TPSA) is 29.5 Å². The number of esters is 1. The lowest BCUT2D eigenvalue weighted by atomic mass is 9.63. The maximum Gasteiger partial charge on any atom is 0.312 e. The number of hydrogen-bond donors (Lipinski definition) is 0. The van der Waals surface area contributed by atoms with Crippen LogP contribution in [0.2, 0.25) is 0 Å². The molecule has 2 aliphatic rings. The summed E-state index contributed by atoms with van der Waals surface area (Å²) in [5.41, 5.74) is -0.224. The van der Waals surface area contributed by atoms with Crippen molar-refractivity contribution in [2.24, 2.45) is 11.3 Å². The zero-order valence-electron chi connectivity index (χ0n) is 14.5. The largest absolute Gasteiger partial charge is 0.464 e. The van der Waals surface area contributed by atoms with Gasteiger partial charge >= 0.3 is 5.97 Å². The second-order valence-corrected chi connectivity index (χ2v) is 6.87. The molecule has 1 atom stereocenters. The molecule has 0 aliphatic heterocycles. The van der Waals surface area contributed by atoms with E-state index in [-0.39, 0.29) is 11.4 Å². The first-order valence-corrected chi connectivity index (χ1v) is 9.27. The lowest BCUT2D eigenvalue weighted by molar-refractivity contribution is -0.162. The van der Waals surface area contributed by atoms with Crippen molar-refractivity contribution < 1.29 is 9.53 Å². The average molecular weight is 307 g/mol. The standard InChI is InChI=1S/C19H33NO2/c1-3-20(4-2)15-16-22-18(21)19(13-9-6-10-14-19)17-11-7-5-8-12-17/h6,9,17H,3-5,7-8,10-16H2,1-2H3/t19-/m1/s1. The summed E-state index contributed by atoms with van der Waals surface area (Å²) in [5.74, 6) is 0.614. The molecule has 0 aromatic rings. The van der Waals surface area contributed by atoms with E-state index in [9.17, 15) is 4.79 Å². The molecule has 0 bridgehead atoms. The predicted octanol–water partition coefficient (Wildman–Crippen LogP) is 4.18. The van der Waals surface area contributed by atoms with Gasteiger partial charge in [-0.25, -0.2) is 0 Å². The van der Waals surface area contributed by atoms with Crippen molar-refractivity contribution in [3.63, 3.8) is 0 Å². The molecular formula is C19H33NO2. The molecule has 3 nitrogen and oxygen atoms in total. The lowest BCUT2D eigenvalue weighted by Crippen LogP contribution is -2.42. The van der Waals surface area contributed by atoms with Gasteiger partial charge in [-0.15, -0.1) is 0 Å². The fraction of sp³-hybridized carbons (Fsp3) is 0.842. The van der Waals surface area contributed by atoms with E-state index >= 15 is 0 Å². The van der Waals surface area contributed by atoms with E-state index in [2.05, 4.69) is 30.9 Å². The van der Waals surface area contributed by atoms with Crippen molar-refractivity contribution in [1.82, 2.24) is 4.90 Å². The van der Waals surface area contributed by atoms with Gasteiger partial charge in [0.25, 0.3) is 0 Å². The fourth-order valence-corrected chi connectivity index (χ4v) is 4.18. The van der Waals surface area contributed by atoms with Crippen LogP contribution in [-0.4, -0.2) is 37.1 Å². The second-order valence-electron chi connectivity index (χ2n) is 6.87. The molecule has 2 rings (SSSR count). The molecule has 0 heterocycles. The van der Waals surface area contributed by atoms with Gasteiger partial charge in [0.2, 0.25) is 0 Å². The van der Waals surface area contributed by atoms with Crippen LogP contribution in [0.5, 0.6) is 0 Å². The number of carbonyl (C=O) groups is 1. The van der Waals surface area contributed by atoms with Crippen LogP contribution in [0.4, 0.5) is 0 Å². The van der Waals surface area contributed by atoms with E-state index in [0.717, 1.165) is 38.9 Å². The zero-order chi connectivity index (χ0) is 15.8. The normalized spacial score (nSPS) is 26.3. The Hall–Kier alpha value is -0.830. The molecule has 0 saturated heterocycles. The summed E-state index contributed by atoms with van der Waals surface area (Å²) < 4.78 is 5.76. The number of likely N-dealkylation sites (N-methyl/N-ethyl adjacent to an activating group) is 1. The van der Waals surface area contributed by atoms with Crippen molar-refractivity contribution in [3.8, 4) is 0 Å². The van der Waals surface area contributed by atoms with Gasteiger partial charge in [-0.1, -0.05) is 45.3 Å². The number of ether oxygens (including phenoxy) is 1. The number of nitrogens with zero attached hydrogens (tertiary/aromatic N) is 1. The van der Waals surface area contributed by atoms with E-state index in [0.29, 0.717) is 12.5 Å². The average Bonchev–Trinajstić information content (AvgIpc) is 2.60. The van der Waals surface area contributed by atoms with Crippen molar-refractivity contribution in [1.29, 1.82) is 0 Å². The SMILES string of the molecule is CCN(CC)CCOC(=O)[C@]1(C2CCCCC2)CC=CCC1. The first-order chi connectivity index (χ1) is 10.7. The Morgan fingerprint density at radius 1 is 1.18 bits per heavy atom. The molecule has 0 aromatic heterocycles. The minimum atomic E-state index is -0.224. The van der Waals surface area contributed by atoms with E-state index < -0.39 is 0 Å². The summed E-state index contributed by atoms with van der Waals surface area (Å²) in [6, 6.07) is 0. The second kappa shape index (κ2) is 8.71. The number of rotatable bonds is 7. The molecule has 3 heteroatoms. The third-order valence-corrected chi connectivity index (χ3v) is 5.73. The maximum absolute atomic E-state index is 12.9. The van der Waals surface area contributed by atoms with Gasteiger partial charge < -0.3 is 9.64 Å². The van der Waals surface area contributed by atoms with Gasteiger partial charge in [0.1, 0.15) is 6.61 Å². The predicted molar refractivity (Wildman–Crippen MR) is 90.7 cm³/mol. The van der Waals surface area contributed by atoms with Gasteiger partial charge in [0, 0.05) is 6.54 Å². The summed E-state index contributed by atoms with van der Waals surface area (Å²) in [7, 11) is 0. The van der Waals surface area contributed by atoms with Crippen LogP contribution >= 0.6 is 0 Å². The Labute approximate surface area is 136 Å². The van der Waals surface area contributed by atoms with Crippen molar-refractivity contribution in [2.45, 2.75) is 65.2 Å². The quantitative estimate of drug-likeness (QED) is 0.522. The number of allylic oxidation sites excluding steroid dienone is 2. The summed E-state index contributed by atoms with van der Waals surface area (Å²) >= 11 is 0. The van der Waals surface area contributed by atoms with Crippen LogP contribution in [0.3, 0.4) is 0 Å². The molecule has 0 N–H and O–H groups in total. The highest BCUT2D eigenvalue weighted by Gasteiger charge is 2.46. The van der Waals surface area contributed by atoms with Gasteiger partial charge in [-0.05, 0) is 51.1 Å². The molecule has 0 aromatic carbocycles. The molecule has 0 spiro atoms. The van der Waals surface area contributed by atoms with Crippen LogP contribution in [0.1, 0.15) is 65.2 Å². The molecule has 0 unspecified atom stereocenters. The fourth-order valence-electron chi connectivity index (χ4n) is 4.18. The van der Waals surface area contributed by atoms with Crippen LogP contribution in [0, 0.1) is 11.3 Å². The summed E-state index contributed by atoms with van der Waals surface area (Å²) in [5, 5.41) is 0. The van der Waals surface area contributed by atoms with E-state index in [4.69, 9.17) is 4.74 Å². The lowest BCUT2D eigenvalue weighted by Gasteiger charge is -2.41. The van der Waals surface area contributed by atoms with Crippen molar-refractivity contribution >= 4 is 5.97 Å². The monoisotopic (exact) mass is 307 g/mol. The highest BCUT2D eigenvalue weighted by atomic mass is 16.5. The molecule has 0 radical (unpaired) electrons. The smallest absolute Gasteiger partial charge is 0.312 e. The van der Waals surface area contributed by atoms with Crippen LogP contribution in [0.25, 0.3) is 0 Å². The molecule has 2 aliphatic carbocycles. The third-order valence-electron chi connectivity index (χ3n) is 5.73. The highest BCUT2D eigenvalue weighted by Crippen LogP contribution is 2.47. The maximum atomic E-state index is 12.9. The first-order valence-electron chi connectivity index (χ1n) is 9.27. The molecule has 22 heavy (non-hydrogen) atoms. The van der Waals surface area contributed by atoms with Crippen molar-refractivity contribution in [2.75, 3.05) is 26.2 Å². The summed E-state index contributed by atoms with van der Waals surface area (Å²) in [6.45, 7) is 7.74.